The first-order valence-corrected chi connectivity index (χ1v) is 6.59. The molecule has 1 aliphatic rings. The highest BCUT2D eigenvalue weighted by Gasteiger charge is 2.28. The second-order valence-electron chi connectivity index (χ2n) is 5.10. The third kappa shape index (κ3) is 2.85. The minimum Gasteiger partial charge on any atom is -0.480 e. The van der Waals surface area contributed by atoms with Crippen LogP contribution in [0, 0.1) is 0 Å². The van der Waals surface area contributed by atoms with Crippen molar-refractivity contribution in [2.45, 2.75) is 19.0 Å². The van der Waals surface area contributed by atoms with Gasteiger partial charge in [0.25, 0.3) is 0 Å². The molecule has 104 valence electrons. The van der Waals surface area contributed by atoms with Crippen molar-refractivity contribution in [3.05, 3.63) is 47.8 Å². The summed E-state index contributed by atoms with van der Waals surface area (Å²) in [6, 6.07) is 10.5. The van der Waals surface area contributed by atoms with Crippen molar-refractivity contribution in [2.24, 2.45) is 0 Å². The van der Waals surface area contributed by atoms with E-state index in [2.05, 4.69) is 39.5 Å². The van der Waals surface area contributed by atoms with Crippen LogP contribution in [0.3, 0.4) is 0 Å². The molecule has 0 unspecified atom stereocenters. The lowest BCUT2D eigenvalue weighted by Crippen LogP contribution is -2.44. The lowest BCUT2D eigenvalue weighted by molar-refractivity contribution is -0.137. The van der Waals surface area contributed by atoms with Crippen LogP contribution in [-0.2, 0) is 17.9 Å². The van der Waals surface area contributed by atoms with Crippen molar-refractivity contribution < 1.29 is 9.90 Å². The second-order valence-corrected chi connectivity index (χ2v) is 5.10. The fourth-order valence-corrected chi connectivity index (χ4v) is 2.49. The van der Waals surface area contributed by atoms with Crippen molar-refractivity contribution in [1.82, 2.24) is 19.9 Å². The zero-order chi connectivity index (χ0) is 13.9. The number of hydrogen-bond acceptors (Lipinski definition) is 4. The smallest absolute Gasteiger partial charge is 0.325 e. The molecule has 2 heterocycles. The molecule has 0 saturated carbocycles. The van der Waals surface area contributed by atoms with Gasteiger partial charge in [0, 0.05) is 25.6 Å². The average Bonchev–Trinajstić information content (AvgIpc) is 2.81. The van der Waals surface area contributed by atoms with Crippen molar-refractivity contribution in [3.63, 3.8) is 0 Å². The quantitative estimate of drug-likeness (QED) is 0.878. The Morgan fingerprint density at radius 1 is 1.30 bits per heavy atom. The summed E-state index contributed by atoms with van der Waals surface area (Å²) >= 11 is 0. The fraction of sp³-hybridized carbons (Fsp3) is 0.357. The standard InChI is InChI=1S/C14H16N4O2/c19-14(20)10-18-9-13(15-16-18)8-17-6-12(7-17)11-4-2-1-3-5-11/h1-5,9,12H,6-8,10H2,(H,19,20). The molecular weight excluding hydrogens is 256 g/mol. The van der Waals surface area contributed by atoms with E-state index in [4.69, 9.17) is 5.11 Å². The molecule has 1 fully saturated rings. The van der Waals surface area contributed by atoms with E-state index >= 15 is 0 Å². The van der Waals surface area contributed by atoms with E-state index in [1.165, 1.54) is 10.2 Å². The summed E-state index contributed by atoms with van der Waals surface area (Å²) < 4.78 is 1.35. The summed E-state index contributed by atoms with van der Waals surface area (Å²) in [5.41, 5.74) is 2.19. The van der Waals surface area contributed by atoms with Crippen molar-refractivity contribution in [2.75, 3.05) is 13.1 Å². The molecule has 1 aromatic heterocycles. The molecule has 1 saturated heterocycles. The van der Waals surface area contributed by atoms with Crippen LogP contribution in [-0.4, -0.2) is 44.1 Å². The number of carbonyl (C=O) groups is 1. The summed E-state index contributed by atoms with van der Waals surface area (Å²) in [5, 5.41) is 16.5. The Kier molecular flexibility index (Phi) is 3.47. The second kappa shape index (κ2) is 5.42. The largest absolute Gasteiger partial charge is 0.480 e. The molecule has 0 radical (unpaired) electrons. The Labute approximate surface area is 116 Å². The van der Waals surface area contributed by atoms with E-state index in [0.717, 1.165) is 25.3 Å². The first kappa shape index (κ1) is 12.8. The van der Waals surface area contributed by atoms with Gasteiger partial charge >= 0.3 is 5.97 Å². The zero-order valence-corrected chi connectivity index (χ0v) is 11.0. The maximum atomic E-state index is 10.6. The van der Waals surface area contributed by atoms with Gasteiger partial charge in [-0.2, -0.15) is 0 Å². The third-order valence-electron chi connectivity index (χ3n) is 3.50. The predicted octanol–water partition coefficient (Wildman–Crippen LogP) is 0.962. The molecule has 1 N–H and O–H groups in total. The van der Waals surface area contributed by atoms with Gasteiger partial charge in [0.05, 0.1) is 11.9 Å². The van der Waals surface area contributed by atoms with Gasteiger partial charge in [-0.05, 0) is 5.56 Å². The van der Waals surface area contributed by atoms with E-state index in [1.807, 2.05) is 6.07 Å². The van der Waals surface area contributed by atoms with Gasteiger partial charge < -0.3 is 5.11 Å². The summed E-state index contributed by atoms with van der Waals surface area (Å²) in [5.74, 6) is -0.320. The van der Waals surface area contributed by atoms with Gasteiger partial charge in [-0.1, -0.05) is 35.5 Å². The number of carboxylic acid groups (broad SMARTS) is 1. The highest BCUT2D eigenvalue weighted by Crippen LogP contribution is 2.27. The van der Waals surface area contributed by atoms with Gasteiger partial charge in [0.1, 0.15) is 6.54 Å². The van der Waals surface area contributed by atoms with Gasteiger partial charge in [-0.25, -0.2) is 4.68 Å². The van der Waals surface area contributed by atoms with Gasteiger partial charge in [0.2, 0.25) is 0 Å². The number of benzene rings is 1. The molecule has 0 aliphatic carbocycles. The van der Waals surface area contributed by atoms with Crippen molar-refractivity contribution in [3.8, 4) is 0 Å². The third-order valence-corrected chi connectivity index (χ3v) is 3.50. The maximum absolute atomic E-state index is 10.6. The van der Waals surface area contributed by atoms with Crippen LogP contribution in [0.5, 0.6) is 0 Å². The van der Waals surface area contributed by atoms with Crippen LogP contribution in [0.4, 0.5) is 0 Å². The number of carboxylic acids is 1. The molecular formula is C14H16N4O2. The molecule has 6 nitrogen and oxygen atoms in total. The molecule has 3 rings (SSSR count). The normalized spacial score (nSPS) is 16.0. The highest BCUT2D eigenvalue weighted by molar-refractivity contribution is 5.66. The Hall–Kier alpha value is -2.21. The maximum Gasteiger partial charge on any atom is 0.325 e. The predicted molar refractivity (Wildman–Crippen MR) is 72.1 cm³/mol. The molecule has 6 heteroatoms. The summed E-state index contributed by atoms with van der Waals surface area (Å²) in [7, 11) is 0. The van der Waals surface area contributed by atoms with Crippen molar-refractivity contribution in [1.29, 1.82) is 0 Å². The molecule has 20 heavy (non-hydrogen) atoms. The Morgan fingerprint density at radius 3 is 2.75 bits per heavy atom. The Morgan fingerprint density at radius 2 is 2.05 bits per heavy atom. The SMILES string of the molecule is O=C(O)Cn1cc(CN2CC(c3ccccc3)C2)nn1. The topological polar surface area (TPSA) is 71.2 Å². The number of aromatic nitrogens is 3. The van der Waals surface area contributed by atoms with E-state index in [1.54, 1.807) is 6.20 Å². The minimum atomic E-state index is -0.908. The highest BCUT2D eigenvalue weighted by atomic mass is 16.4. The van der Waals surface area contributed by atoms with E-state index in [9.17, 15) is 4.79 Å². The van der Waals surface area contributed by atoms with Crippen LogP contribution in [0.15, 0.2) is 36.5 Å². The molecule has 1 aromatic carbocycles. The summed E-state index contributed by atoms with van der Waals surface area (Å²) in [6.45, 7) is 2.61. The van der Waals surface area contributed by atoms with Crippen LogP contribution < -0.4 is 0 Å². The first-order valence-electron chi connectivity index (χ1n) is 6.59. The van der Waals surface area contributed by atoms with Crippen LogP contribution in [0.2, 0.25) is 0 Å². The molecule has 0 amide bonds. The van der Waals surface area contributed by atoms with Crippen LogP contribution in [0.1, 0.15) is 17.2 Å². The van der Waals surface area contributed by atoms with E-state index in [0.29, 0.717) is 5.92 Å². The Bertz CT molecular complexity index is 590. The van der Waals surface area contributed by atoms with Crippen LogP contribution >= 0.6 is 0 Å². The van der Waals surface area contributed by atoms with E-state index in [-0.39, 0.29) is 6.54 Å². The number of hydrogen-bond donors (Lipinski definition) is 1. The first-order chi connectivity index (χ1) is 9.70. The number of rotatable bonds is 5. The molecule has 0 atom stereocenters. The number of likely N-dealkylation sites (tertiary alicyclic amines) is 1. The van der Waals surface area contributed by atoms with Gasteiger partial charge in [-0.15, -0.1) is 5.10 Å². The minimum absolute atomic E-state index is 0.139. The Balaban J connectivity index is 1.51. The summed E-state index contributed by atoms with van der Waals surface area (Å²) in [6.07, 6.45) is 1.70. The number of nitrogens with zero attached hydrogens (tertiary/aromatic N) is 4. The zero-order valence-electron chi connectivity index (χ0n) is 11.0. The lowest BCUT2D eigenvalue weighted by Gasteiger charge is -2.39. The molecule has 0 spiro atoms. The molecule has 1 aliphatic heterocycles. The monoisotopic (exact) mass is 272 g/mol. The number of aliphatic carboxylic acids is 1. The molecule has 2 aromatic rings. The molecule has 0 bridgehead atoms. The van der Waals surface area contributed by atoms with E-state index < -0.39 is 5.97 Å². The van der Waals surface area contributed by atoms with Gasteiger partial charge in [-0.3, -0.25) is 9.69 Å². The average molecular weight is 272 g/mol. The lowest BCUT2D eigenvalue weighted by atomic mass is 9.91. The van der Waals surface area contributed by atoms with Crippen LogP contribution in [0.25, 0.3) is 0 Å². The summed E-state index contributed by atoms with van der Waals surface area (Å²) in [4.78, 5) is 12.9. The fourth-order valence-electron chi connectivity index (χ4n) is 2.49. The van der Waals surface area contributed by atoms with Gasteiger partial charge in [0.15, 0.2) is 0 Å². The van der Waals surface area contributed by atoms with Crippen molar-refractivity contribution >= 4 is 5.97 Å².